The van der Waals surface area contributed by atoms with Crippen LogP contribution < -0.4 is 15.4 Å². The van der Waals surface area contributed by atoms with E-state index in [-0.39, 0.29) is 18.8 Å². The van der Waals surface area contributed by atoms with Gasteiger partial charge in [-0.2, -0.15) is 13.2 Å². The molecular formula is C17H16ClF3N2O2. The number of hydrogen-bond donors (Lipinski definition) is 2. The predicted molar refractivity (Wildman–Crippen MR) is 90.1 cm³/mol. The monoisotopic (exact) mass is 372 g/mol. The minimum atomic E-state index is -4.54. The van der Waals surface area contributed by atoms with Crippen LogP contribution >= 0.6 is 11.6 Å². The molecule has 134 valence electrons. The molecular weight excluding hydrogens is 357 g/mol. The fraction of sp³-hybridized carbons (Fsp3) is 0.235. The van der Waals surface area contributed by atoms with Crippen molar-refractivity contribution in [2.45, 2.75) is 13.1 Å². The minimum absolute atomic E-state index is 0.127. The molecule has 8 heteroatoms. The number of anilines is 1. The van der Waals surface area contributed by atoms with Gasteiger partial charge in [0, 0.05) is 5.02 Å². The summed E-state index contributed by atoms with van der Waals surface area (Å²) < 4.78 is 44.1. The Morgan fingerprint density at radius 3 is 2.60 bits per heavy atom. The summed E-state index contributed by atoms with van der Waals surface area (Å²) in [6.07, 6.45) is -4.54. The number of carbonyl (C=O) groups is 1. The number of amides is 2. The van der Waals surface area contributed by atoms with Crippen LogP contribution in [0.5, 0.6) is 5.75 Å². The number of para-hydroxylation sites is 1. The zero-order valence-corrected chi connectivity index (χ0v) is 14.0. The van der Waals surface area contributed by atoms with Gasteiger partial charge in [-0.3, -0.25) is 0 Å². The van der Waals surface area contributed by atoms with Crippen LogP contribution in [0, 0.1) is 6.92 Å². The quantitative estimate of drug-likeness (QED) is 0.736. The normalized spacial score (nSPS) is 11.1. The first-order chi connectivity index (χ1) is 11.8. The molecule has 0 unspecified atom stereocenters. The highest BCUT2D eigenvalue weighted by Crippen LogP contribution is 2.34. The van der Waals surface area contributed by atoms with Crippen molar-refractivity contribution in [3.05, 3.63) is 58.6 Å². The van der Waals surface area contributed by atoms with Gasteiger partial charge in [0.25, 0.3) is 0 Å². The summed E-state index contributed by atoms with van der Waals surface area (Å²) >= 11 is 5.84. The van der Waals surface area contributed by atoms with Crippen LogP contribution in [0.15, 0.2) is 42.5 Å². The topological polar surface area (TPSA) is 50.4 Å². The molecule has 0 aliphatic carbocycles. The molecule has 0 atom stereocenters. The van der Waals surface area contributed by atoms with E-state index in [0.717, 1.165) is 11.6 Å². The van der Waals surface area contributed by atoms with Crippen molar-refractivity contribution >= 4 is 23.3 Å². The number of alkyl halides is 3. The van der Waals surface area contributed by atoms with Gasteiger partial charge in [-0.25, -0.2) is 4.79 Å². The van der Waals surface area contributed by atoms with E-state index in [1.165, 1.54) is 18.2 Å². The molecule has 4 nitrogen and oxygen atoms in total. The number of carbonyl (C=O) groups excluding carboxylic acids is 1. The Balaban J connectivity index is 1.84. The molecule has 0 aliphatic heterocycles. The standard InChI is InChI=1S/C17H16ClF3N2O2/c1-11-10-12(18)6-7-15(11)25-9-8-22-16(24)23-14-5-3-2-4-13(14)17(19,20)21/h2-7,10H,8-9H2,1H3,(H2,22,23,24). The fourth-order valence-electron chi connectivity index (χ4n) is 2.11. The maximum Gasteiger partial charge on any atom is 0.418 e. The van der Waals surface area contributed by atoms with Gasteiger partial charge in [-0.1, -0.05) is 23.7 Å². The fourth-order valence-corrected chi connectivity index (χ4v) is 2.33. The van der Waals surface area contributed by atoms with Crippen LogP contribution in [-0.4, -0.2) is 19.2 Å². The van der Waals surface area contributed by atoms with Crippen LogP contribution in [0.3, 0.4) is 0 Å². The number of aryl methyl sites for hydroxylation is 1. The Bertz CT molecular complexity index is 751. The Kier molecular flexibility index (Phi) is 6.14. The van der Waals surface area contributed by atoms with E-state index in [1.807, 2.05) is 6.92 Å². The summed E-state index contributed by atoms with van der Waals surface area (Å²) in [6.45, 7) is 2.12. The Labute approximate surface area is 147 Å². The van der Waals surface area contributed by atoms with Crippen molar-refractivity contribution in [3.8, 4) is 5.75 Å². The van der Waals surface area contributed by atoms with Crippen LogP contribution in [-0.2, 0) is 6.18 Å². The number of urea groups is 1. The Hall–Kier alpha value is -2.41. The summed E-state index contributed by atoms with van der Waals surface area (Å²) in [5.41, 5.74) is -0.365. The lowest BCUT2D eigenvalue weighted by atomic mass is 10.1. The van der Waals surface area contributed by atoms with Crippen LogP contribution in [0.1, 0.15) is 11.1 Å². The van der Waals surface area contributed by atoms with Gasteiger partial charge in [0.2, 0.25) is 0 Å². The molecule has 0 radical (unpaired) electrons. The molecule has 0 heterocycles. The first-order valence-electron chi connectivity index (χ1n) is 7.37. The lowest BCUT2D eigenvalue weighted by molar-refractivity contribution is -0.136. The average molecular weight is 373 g/mol. The molecule has 2 aromatic rings. The molecule has 25 heavy (non-hydrogen) atoms. The van der Waals surface area contributed by atoms with Crippen molar-refractivity contribution in [2.75, 3.05) is 18.5 Å². The maximum atomic E-state index is 12.9. The molecule has 0 saturated heterocycles. The number of rotatable bonds is 5. The number of benzene rings is 2. The largest absolute Gasteiger partial charge is 0.491 e. The third-order valence-electron chi connectivity index (χ3n) is 3.26. The van der Waals surface area contributed by atoms with Crippen molar-refractivity contribution in [2.24, 2.45) is 0 Å². The van der Waals surface area contributed by atoms with Crippen molar-refractivity contribution in [1.82, 2.24) is 5.32 Å². The van der Waals surface area contributed by atoms with Crippen LogP contribution in [0.25, 0.3) is 0 Å². The first kappa shape index (κ1) is 18.9. The molecule has 2 rings (SSSR count). The van der Waals surface area contributed by atoms with E-state index in [4.69, 9.17) is 16.3 Å². The van der Waals surface area contributed by atoms with E-state index in [1.54, 1.807) is 18.2 Å². The summed E-state index contributed by atoms with van der Waals surface area (Å²) in [5, 5.41) is 5.22. The van der Waals surface area contributed by atoms with E-state index >= 15 is 0 Å². The molecule has 2 aromatic carbocycles. The highest BCUT2D eigenvalue weighted by molar-refractivity contribution is 6.30. The molecule has 2 amide bonds. The van der Waals surface area contributed by atoms with Crippen LogP contribution in [0.4, 0.5) is 23.7 Å². The summed E-state index contributed by atoms with van der Waals surface area (Å²) in [7, 11) is 0. The number of nitrogens with one attached hydrogen (secondary N) is 2. The lowest BCUT2D eigenvalue weighted by Crippen LogP contribution is -2.32. The number of hydrogen-bond acceptors (Lipinski definition) is 2. The Morgan fingerprint density at radius 2 is 1.92 bits per heavy atom. The second-order valence-electron chi connectivity index (χ2n) is 5.18. The van der Waals surface area contributed by atoms with Gasteiger partial charge >= 0.3 is 12.2 Å². The average Bonchev–Trinajstić information content (AvgIpc) is 2.52. The zero-order valence-electron chi connectivity index (χ0n) is 13.3. The smallest absolute Gasteiger partial charge is 0.418 e. The molecule has 0 saturated carbocycles. The van der Waals surface area contributed by atoms with Gasteiger partial charge < -0.3 is 15.4 Å². The highest BCUT2D eigenvalue weighted by atomic mass is 35.5. The number of halogens is 4. The molecule has 0 bridgehead atoms. The molecule has 0 aliphatic rings. The second-order valence-corrected chi connectivity index (χ2v) is 5.62. The van der Waals surface area contributed by atoms with Crippen molar-refractivity contribution in [1.29, 1.82) is 0 Å². The molecule has 0 spiro atoms. The first-order valence-corrected chi connectivity index (χ1v) is 7.75. The van der Waals surface area contributed by atoms with Crippen LogP contribution in [0.2, 0.25) is 5.02 Å². The molecule has 0 aromatic heterocycles. The van der Waals surface area contributed by atoms with E-state index in [0.29, 0.717) is 10.8 Å². The maximum absolute atomic E-state index is 12.9. The van der Waals surface area contributed by atoms with Gasteiger partial charge in [-0.15, -0.1) is 0 Å². The summed E-state index contributed by atoms with van der Waals surface area (Å²) in [4.78, 5) is 11.8. The molecule has 2 N–H and O–H groups in total. The van der Waals surface area contributed by atoms with Gasteiger partial charge in [0.1, 0.15) is 12.4 Å². The second kappa shape index (κ2) is 8.11. The third kappa shape index (κ3) is 5.56. The van der Waals surface area contributed by atoms with E-state index in [2.05, 4.69) is 10.6 Å². The van der Waals surface area contributed by atoms with Crippen molar-refractivity contribution < 1.29 is 22.7 Å². The van der Waals surface area contributed by atoms with Gasteiger partial charge in [-0.05, 0) is 42.8 Å². The number of ether oxygens (including phenoxy) is 1. The highest BCUT2D eigenvalue weighted by Gasteiger charge is 2.33. The van der Waals surface area contributed by atoms with Crippen molar-refractivity contribution in [3.63, 3.8) is 0 Å². The SMILES string of the molecule is Cc1cc(Cl)ccc1OCCNC(=O)Nc1ccccc1C(F)(F)F. The van der Waals surface area contributed by atoms with Gasteiger partial charge in [0.05, 0.1) is 17.8 Å². The zero-order chi connectivity index (χ0) is 18.4. The minimum Gasteiger partial charge on any atom is -0.491 e. The predicted octanol–water partition coefficient (Wildman–Crippen LogP) is 4.87. The van der Waals surface area contributed by atoms with E-state index in [9.17, 15) is 18.0 Å². The lowest BCUT2D eigenvalue weighted by Gasteiger charge is -2.14. The summed E-state index contributed by atoms with van der Waals surface area (Å²) in [5.74, 6) is 0.619. The summed E-state index contributed by atoms with van der Waals surface area (Å²) in [6, 6.07) is 9.15. The molecule has 0 fully saturated rings. The van der Waals surface area contributed by atoms with E-state index < -0.39 is 17.8 Å². The van der Waals surface area contributed by atoms with Gasteiger partial charge in [0.15, 0.2) is 0 Å². The third-order valence-corrected chi connectivity index (χ3v) is 3.50. The Morgan fingerprint density at radius 1 is 1.20 bits per heavy atom.